The Bertz CT molecular complexity index is 577. The molecule has 2 rings (SSSR count). The molecule has 0 bridgehead atoms. The molecule has 1 heterocycles. The van der Waals surface area contributed by atoms with Crippen LogP contribution in [0.25, 0.3) is 0 Å². The van der Waals surface area contributed by atoms with E-state index in [1.165, 1.54) is 5.56 Å². The van der Waals surface area contributed by atoms with E-state index < -0.39 is 20.3 Å². The molecule has 3 atom stereocenters. The molecule has 4 nitrogen and oxygen atoms in total. The topological polar surface area (TPSA) is 44.8 Å². The fourth-order valence-electron chi connectivity index (χ4n) is 3.20. The van der Waals surface area contributed by atoms with Gasteiger partial charge in [-0.2, -0.15) is 0 Å². The lowest BCUT2D eigenvalue weighted by Crippen LogP contribution is -2.40. The van der Waals surface area contributed by atoms with Crippen molar-refractivity contribution in [2.75, 3.05) is 13.7 Å². The molecule has 0 unspecified atom stereocenters. The zero-order valence-electron chi connectivity index (χ0n) is 15.2. The van der Waals surface area contributed by atoms with Crippen LogP contribution in [0.2, 0.25) is 25.7 Å². The number of carbonyl (C=O) groups is 1. The number of allylic oxidation sites excluding steroid dienone is 1. The molecular weight excluding hydrogens is 320 g/mol. The minimum atomic E-state index is -1.35. The highest BCUT2D eigenvalue weighted by Crippen LogP contribution is 2.41. The first-order valence-corrected chi connectivity index (χ1v) is 12.2. The lowest BCUT2D eigenvalue weighted by molar-refractivity contribution is -0.165. The summed E-state index contributed by atoms with van der Waals surface area (Å²) in [5.41, 5.74) is 1.17. The summed E-state index contributed by atoms with van der Waals surface area (Å²) in [5, 5.41) is 0. The molecule has 0 N–H and O–H groups in total. The van der Waals surface area contributed by atoms with Gasteiger partial charge < -0.3 is 14.2 Å². The second-order valence-electron chi connectivity index (χ2n) is 7.34. The van der Waals surface area contributed by atoms with E-state index in [4.69, 9.17) is 14.2 Å². The smallest absolute Gasteiger partial charge is 0.373 e. The number of hydrogen-bond acceptors (Lipinski definition) is 4. The fraction of sp³-hybridized carbons (Fsp3) is 0.526. The van der Waals surface area contributed by atoms with Gasteiger partial charge in [0.15, 0.2) is 0 Å². The normalized spacial score (nSPS) is 24.0. The Morgan fingerprint density at radius 2 is 1.88 bits per heavy atom. The summed E-state index contributed by atoms with van der Waals surface area (Å²) >= 11 is 0. The second-order valence-corrected chi connectivity index (χ2v) is 12.9. The van der Waals surface area contributed by atoms with Crippen molar-refractivity contribution in [3.8, 4) is 0 Å². The van der Waals surface area contributed by atoms with Gasteiger partial charge >= 0.3 is 5.97 Å². The van der Waals surface area contributed by atoms with E-state index in [9.17, 15) is 4.79 Å². The first-order chi connectivity index (χ1) is 11.4. The quantitative estimate of drug-likeness (QED) is 0.571. The molecule has 1 aliphatic rings. The number of esters is 1. The van der Waals surface area contributed by atoms with E-state index in [0.717, 1.165) is 6.04 Å². The number of methoxy groups -OCH3 is 1. The largest absolute Gasteiger partial charge is 0.460 e. The van der Waals surface area contributed by atoms with Crippen LogP contribution < -0.4 is 0 Å². The van der Waals surface area contributed by atoms with Crippen molar-refractivity contribution in [3.05, 3.63) is 47.7 Å². The monoisotopic (exact) mass is 348 g/mol. The Balaban J connectivity index is 2.42. The molecule has 0 aromatic heterocycles. The van der Waals surface area contributed by atoms with Crippen LogP contribution in [0, 0.1) is 5.92 Å². The summed E-state index contributed by atoms with van der Waals surface area (Å²) in [6.45, 7) is 9.13. The SMILES string of the molecule is CCOC(=O)C1=C[C@H](c2ccccc2)[C@H](C[Si](C)(C)C)[C@H](OC)O1. The Kier molecular flexibility index (Phi) is 6.24. The molecule has 0 radical (unpaired) electrons. The van der Waals surface area contributed by atoms with Crippen LogP contribution in [-0.4, -0.2) is 34.0 Å². The molecule has 24 heavy (non-hydrogen) atoms. The van der Waals surface area contributed by atoms with Crippen LogP contribution in [0.1, 0.15) is 18.4 Å². The Morgan fingerprint density at radius 1 is 1.21 bits per heavy atom. The van der Waals surface area contributed by atoms with Gasteiger partial charge in [-0.15, -0.1) is 0 Å². The summed E-state index contributed by atoms with van der Waals surface area (Å²) in [5.74, 6) is 0.0922. The molecule has 1 aromatic rings. The van der Waals surface area contributed by atoms with Gasteiger partial charge in [0.2, 0.25) is 12.0 Å². The summed E-state index contributed by atoms with van der Waals surface area (Å²) in [7, 11) is 0.290. The lowest BCUT2D eigenvalue weighted by Gasteiger charge is -2.38. The zero-order chi connectivity index (χ0) is 17.7. The minimum absolute atomic E-state index is 0.0797. The van der Waals surface area contributed by atoms with Crippen molar-refractivity contribution in [1.29, 1.82) is 0 Å². The van der Waals surface area contributed by atoms with Crippen molar-refractivity contribution in [1.82, 2.24) is 0 Å². The predicted molar refractivity (Wildman–Crippen MR) is 97.4 cm³/mol. The highest BCUT2D eigenvalue weighted by Gasteiger charge is 2.40. The number of benzene rings is 1. The maximum absolute atomic E-state index is 12.2. The highest BCUT2D eigenvalue weighted by atomic mass is 28.3. The van der Waals surface area contributed by atoms with Gasteiger partial charge in [-0.05, 0) is 24.6 Å². The van der Waals surface area contributed by atoms with E-state index in [0.29, 0.717) is 6.61 Å². The minimum Gasteiger partial charge on any atom is -0.460 e. The molecule has 0 fully saturated rings. The summed E-state index contributed by atoms with van der Waals surface area (Å²) < 4.78 is 16.6. The fourth-order valence-corrected chi connectivity index (χ4v) is 5.06. The maximum Gasteiger partial charge on any atom is 0.373 e. The van der Waals surface area contributed by atoms with E-state index >= 15 is 0 Å². The number of ether oxygens (including phenoxy) is 3. The third kappa shape index (κ3) is 4.71. The van der Waals surface area contributed by atoms with E-state index in [1.807, 2.05) is 24.3 Å². The molecule has 0 saturated carbocycles. The van der Waals surface area contributed by atoms with Crippen molar-refractivity contribution in [2.24, 2.45) is 5.92 Å². The van der Waals surface area contributed by atoms with E-state index in [-0.39, 0.29) is 17.6 Å². The van der Waals surface area contributed by atoms with Gasteiger partial charge in [0.1, 0.15) is 0 Å². The Hall–Kier alpha value is -1.59. The molecular formula is C19H28O4Si. The van der Waals surface area contributed by atoms with Gasteiger partial charge in [-0.25, -0.2) is 4.79 Å². The first-order valence-electron chi connectivity index (χ1n) is 8.49. The molecule has 0 amide bonds. The van der Waals surface area contributed by atoms with E-state index in [1.54, 1.807) is 14.0 Å². The maximum atomic E-state index is 12.2. The molecule has 0 spiro atoms. The van der Waals surface area contributed by atoms with Crippen LogP contribution in [0.4, 0.5) is 0 Å². The zero-order valence-corrected chi connectivity index (χ0v) is 16.2. The average molecular weight is 349 g/mol. The van der Waals surface area contributed by atoms with Crippen molar-refractivity contribution in [3.63, 3.8) is 0 Å². The van der Waals surface area contributed by atoms with Gasteiger partial charge in [-0.3, -0.25) is 0 Å². The van der Waals surface area contributed by atoms with Crippen molar-refractivity contribution >= 4 is 14.0 Å². The van der Waals surface area contributed by atoms with Crippen molar-refractivity contribution < 1.29 is 19.0 Å². The van der Waals surface area contributed by atoms with Crippen LogP contribution in [0.3, 0.4) is 0 Å². The van der Waals surface area contributed by atoms with Gasteiger partial charge in [0.25, 0.3) is 0 Å². The Morgan fingerprint density at radius 3 is 2.42 bits per heavy atom. The number of rotatable bonds is 6. The van der Waals surface area contributed by atoms with Crippen LogP contribution in [-0.2, 0) is 19.0 Å². The first kappa shape index (κ1) is 18.7. The Labute approximate surface area is 145 Å². The van der Waals surface area contributed by atoms with Crippen LogP contribution in [0.15, 0.2) is 42.2 Å². The number of hydrogen-bond donors (Lipinski definition) is 0. The van der Waals surface area contributed by atoms with E-state index in [2.05, 4.69) is 31.8 Å². The lowest BCUT2D eigenvalue weighted by atomic mass is 9.84. The summed E-state index contributed by atoms with van der Waals surface area (Å²) in [6, 6.07) is 11.3. The molecule has 0 aliphatic carbocycles. The van der Waals surface area contributed by atoms with Gasteiger partial charge in [0, 0.05) is 27.0 Å². The standard InChI is InChI=1S/C19H28O4Si/c1-6-22-18(20)17-12-15(14-10-8-7-9-11-14)16(13-24(3,4)5)19(21-2)23-17/h7-12,15-16,19H,6,13H2,1-5H3/t15-,16+,19-/m1/s1. The second kappa shape index (κ2) is 7.99. The highest BCUT2D eigenvalue weighted by molar-refractivity contribution is 6.76. The molecule has 5 heteroatoms. The van der Waals surface area contributed by atoms with Crippen LogP contribution >= 0.6 is 0 Å². The molecule has 1 aliphatic heterocycles. The van der Waals surface area contributed by atoms with Crippen LogP contribution in [0.5, 0.6) is 0 Å². The van der Waals surface area contributed by atoms with Crippen molar-refractivity contribution in [2.45, 2.75) is 44.8 Å². The van der Waals surface area contributed by atoms with Gasteiger partial charge in [-0.1, -0.05) is 50.0 Å². The third-order valence-electron chi connectivity index (χ3n) is 4.13. The average Bonchev–Trinajstić information content (AvgIpc) is 2.54. The summed E-state index contributed by atoms with van der Waals surface area (Å²) in [6.07, 6.45) is 1.47. The molecule has 1 aromatic carbocycles. The predicted octanol–water partition coefficient (Wildman–Crippen LogP) is 4.17. The van der Waals surface area contributed by atoms with Gasteiger partial charge in [0.05, 0.1) is 6.61 Å². The summed E-state index contributed by atoms with van der Waals surface area (Å²) in [4.78, 5) is 12.2. The molecule has 132 valence electrons. The third-order valence-corrected chi connectivity index (χ3v) is 5.82. The molecule has 0 saturated heterocycles. The number of carbonyl (C=O) groups excluding carboxylic acids is 1.